The minimum Gasteiger partial charge on any atom is -0.507 e. The number of ketones is 1. The van der Waals surface area contributed by atoms with E-state index >= 15 is 0 Å². The summed E-state index contributed by atoms with van der Waals surface area (Å²) >= 11 is 0. The second kappa shape index (κ2) is 8.65. The molecule has 3 heterocycles. The molecule has 1 aliphatic heterocycles. The van der Waals surface area contributed by atoms with Gasteiger partial charge in [-0.2, -0.15) is 0 Å². The molecule has 2 N–H and O–H groups in total. The van der Waals surface area contributed by atoms with Gasteiger partial charge >= 0.3 is 5.91 Å². The Kier molecular flexibility index (Phi) is 5.70. The number of nitrogens with one attached hydrogen (secondary N) is 1. The Hall–Kier alpha value is -4.33. The average molecular weight is 500 g/mol. The lowest BCUT2D eigenvalue weighted by Crippen LogP contribution is -2.30. The lowest BCUT2D eigenvalue weighted by Gasteiger charge is -2.23. The Balaban J connectivity index is 1.72. The number of nitrogens with zero attached hydrogens (tertiary/aromatic N) is 2. The van der Waals surface area contributed by atoms with E-state index in [1.807, 2.05) is 45.9 Å². The van der Waals surface area contributed by atoms with Crippen LogP contribution < -0.4 is 9.64 Å². The molecule has 1 unspecified atom stereocenters. The molecule has 1 amide bonds. The van der Waals surface area contributed by atoms with Crippen molar-refractivity contribution < 1.29 is 23.8 Å². The van der Waals surface area contributed by atoms with Crippen LogP contribution in [-0.2, 0) is 15.0 Å². The maximum absolute atomic E-state index is 13.5. The summed E-state index contributed by atoms with van der Waals surface area (Å²) in [5, 5.41) is 11.5. The maximum Gasteiger partial charge on any atom is 0.302 e. The predicted octanol–water partition coefficient (Wildman–Crippen LogP) is 5.71. The molecule has 8 heteroatoms. The number of fused-ring (bicyclic) bond motifs is 1. The highest BCUT2D eigenvalue weighted by atomic mass is 16.5. The van der Waals surface area contributed by atoms with Crippen molar-refractivity contribution >= 4 is 34.4 Å². The molecule has 0 radical (unpaired) electrons. The SMILES string of the molecule is COc1ccc(/C(O)=C2\C(=O)C(=O)N(c3nc4ccc(C)cc4[nH]3)C2c2ccc(C)o2)cc1C(C)(C)C. The predicted molar refractivity (Wildman–Crippen MR) is 141 cm³/mol. The lowest BCUT2D eigenvalue weighted by molar-refractivity contribution is -0.132. The van der Waals surface area contributed by atoms with Crippen molar-refractivity contribution in [2.45, 2.75) is 46.1 Å². The quantitative estimate of drug-likeness (QED) is 0.212. The molecule has 2 aromatic heterocycles. The second-order valence-corrected chi connectivity index (χ2v) is 10.4. The maximum atomic E-state index is 13.5. The van der Waals surface area contributed by atoms with Crippen molar-refractivity contribution in [2.75, 3.05) is 12.0 Å². The third kappa shape index (κ3) is 4.08. The van der Waals surface area contributed by atoms with Gasteiger partial charge in [0, 0.05) is 11.1 Å². The number of carbonyl (C=O) groups excluding carboxylic acids is 2. The molecule has 37 heavy (non-hydrogen) atoms. The molecule has 0 bridgehead atoms. The summed E-state index contributed by atoms with van der Waals surface area (Å²) in [5.41, 5.74) is 3.30. The molecule has 1 fully saturated rings. The van der Waals surface area contributed by atoms with Crippen molar-refractivity contribution in [3.8, 4) is 5.75 Å². The van der Waals surface area contributed by atoms with Gasteiger partial charge in [-0.1, -0.05) is 26.8 Å². The zero-order valence-electron chi connectivity index (χ0n) is 21.7. The fourth-order valence-corrected chi connectivity index (χ4v) is 4.74. The van der Waals surface area contributed by atoms with Gasteiger partial charge in [0.15, 0.2) is 0 Å². The number of amides is 1. The molecule has 2 aromatic carbocycles. The fraction of sp³-hybridized carbons (Fsp3) is 0.276. The number of hydrogen-bond donors (Lipinski definition) is 2. The average Bonchev–Trinajstić information content (AvgIpc) is 3.53. The third-order valence-electron chi connectivity index (χ3n) is 6.61. The standard InChI is InChI=1S/C29H29N3O5/c1-15-7-10-19-20(13-15)31-28(30-19)32-24(22-11-8-16(2)37-22)23(26(34)27(32)35)25(33)17-9-12-21(36-6)18(14-17)29(3,4)5/h7-14,24,33H,1-6H3,(H,30,31)/b25-23+. The highest BCUT2D eigenvalue weighted by Crippen LogP contribution is 2.43. The van der Waals surface area contributed by atoms with E-state index in [9.17, 15) is 14.7 Å². The number of ether oxygens (including phenoxy) is 1. The van der Waals surface area contributed by atoms with E-state index in [4.69, 9.17) is 9.15 Å². The topological polar surface area (TPSA) is 109 Å². The van der Waals surface area contributed by atoms with E-state index in [2.05, 4.69) is 9.97 Å². The van der Waals surface area contributed by atoms with Crippen molar-refractivity contribution in [3.05, 3.63) is 82.3 Å². The number of Topliss-reactive ketones (excluding diaryl/α,β-unsaturated/α-hetero) is 1. The van der Waals surface area contributed by atoms with Crippen molar-refractivity contribution in [2.24, 2.45) is 0 Å². The van der Waals surface area contributed by atoms with Crippen LogP contribution in [0.4, 0.5) is 5.95 Å². The Morgan fingerprint density at radius 2 is 1.84 bits per heavy atom. The van der Waals surface area contributed by atoms with Crippen LogP contribution in [-0.4, -0.2) is 33.9 Å². The number of imidazole rings is 1. The minimum atomic E-state index is -1.00. The molecule has 190 valence electrons. The van der Waals surface area contributed by atoms with Crippen molar-refractivity contribution in [3.63, 3.8) is 0 Å². The van der Waals surface area contributed by atoms with E-state index in [0.29, 0.717) is 28.4 Å². The van der Waals surface area contributed by atoms with Crippen LogP contribution in [0.1, 0.15) is 55.0 Å². The number of furan rings is 1. The van der Waals surface area contributed by atoms with E-state index in [1.165, 1.54) is 4.90 Å². The molecular weight excluding hydrogens is 470 g/mol. The molecule has 5 rings (SSSR count). The first-order valence-electron chi connectivity index (χ1n) is 12.0. The number of aliphatic hydroxyl groups excluding tert-OH is 1. The number of rotatable bonds is 4. The summed E-state index contributed by atoms with van der Waals surface area (Å²) in [6, 6.07) is 13.3. The number of aromatic nitrogens is 2. The number of benzene rings is 2. The molecule has 0 saturated carbocycles. The number of carbonyl (C=O) groups is 2. The number of aryl methyl sites for hydroxylation is 2. The number of aliphatic hydroxyl groups is 1. The smallest absolute Gasteiger partial charge is 0.302 e. The number of anilines is 1. The second-order valence-electron chi connectivity index (χ2n) is 10.4. The van der Waals surface area contributed by atoms with Crippen LogP contribution in [0.5, 0.6) is 5.75 Å². The minimum absolute atomic E-state index is 0.0685. The summed E-state index contributed by atoms with van der Waals surface area (Å²) in [4.78, 5) is 35.9. The Morgan fingerprint density at radius 1 is 1.08 bits per heavy atom. The van der Waals surface area contributed by atoms with E-state index in [1.54, 1.807) is 44.4 Å². The van der Waals surface area contributed by atoms with Gasteiger partial charge in [-0.15, -0.1) is 0 Å². The number of H-pyrrole nitrogens is 1. The fourth-order valence-electron chi connectivity index (χ4n) is 4.74. The molecular formula is C29H29N3O5. The Labute approximate surface area is 214 Å². The van der Waals surface area contributed by atoms with Crippen LogP contribution in [0.2, 0.25) is 0 Å². The van der Waals surface area contributed by atoms with E-state index < -0.39 is 17.7 Å². The highest BCUT2D eigenvalue weighted by molar-refractivity contribution is 6.51. The number of methoxy groups -OCH3 is 1. The van der Waals surface area contributed by atoms with Gasteiger partial charge in [0.2, 0.25) is 5.95 Å². The third-order valence-corrected chi connectivity index (χ3v) is 6.61. The van der Waals surface area contributed by atoms with Crippen LogP contribution in [0, 0.1) is 13.8 Å². The summed E-state index contributed by atoms with van der Waals surface area (Å²) in [7, 11) is 1.59. The Bertz CT molecular complexity index is 1580. The van der Waals surface area contributed by atoms with Gasteiger partial charge in [-0.3, -0.25) is 14.5 Å². The largest absolute Gasteiger partial charge is 0.507 e. The number of aromatic amines is 1. The van der Waals surface area contributed by atoms with Crippen LogP contribution in [0.3, 0.4) is 0 Å². The van der Waals surface area contributed by atoms with E-state index in [-0.39, 0.29) is 22.7 Å². The van der Waals surface area contributed by atoms with Gasteiger partial charge in [-0.25, -0.2) is 4.98 Å². The van der Waals surface area contributed by atoms with Gasteiger partial charge in [-0.05, 0) is 67.3 Å². The lowest BCUT2D eigenvalue weighted by atomic mass is 9.84. The van der Waals surface area contributed by atoms with Gasteiger partial charge in [0.05, 0.1) is 23.7 Å². The number of hydrogen-bond acceptors (Lipinski definition) is 6. The Morgan fingerprint density at radius 3 is 2.49 bits per heavy atom. The first kappa shape index (κ1) is 24.4. The normalized spacial score (nSPS) is 17.7. The van der Waals surface area contributed by atoms with Crippen molar-refractivity contribution in [1.29, 1.82) is 0 Å². The molecule has 0 spiro atoms. The molecule has 1 atom stereocenters. The van der Waals surface area contributed by atoms with Gasteiger partial charge in [0.1, 0.15) is 29.1 Å². The summed E-state index contributed by atoms with van der Waals surface area (Å²) in [6.07, 6.45) is 0. The zero-order chi connectivity index (χ0) is 26.6. The molecule has 0 aliphatic carbocycles. The summed E-state index contributed by atoms with van der Waals surface area (Å²) < 4.78 is 11.4. The monoisotopic (exact) mass is 499 g/mol. The van der Waals surface area contributed by atoms with Crippen molar-refractivity contribution in [1.82, 2.24) is 9.97 Å². The van der Waals surface area contributed by atoms with E-state index in [0.717, 1.165) is 16.6 Å². The summed E-state index contributed by atoms with van der Waals surface area (Å²) in [5.74, 6) is -0.0896. The molecule has 1 aliphatic rings. The van der Waals surface area contributed by atoms with Crippen LogP contribution in [0.25, 0.3) is 16.8 Å². The molecule has 4 aromatic rings. The van der Waals surface area contributed by atoms with Gasteiger partial charge < -0.3 is 19.2 Å². The summed E-state index contributed by atoms with van der Waals surface area (Å²) in [6.45, 7) is 9.82. The first-order chi connectivity index (χ1) is 17.5. The zero-order valence-corrected chi connectivity index (χ0v) is 21.7. The van der Waals surface area contributed by atoms with Crippen LogP contribution >= 0.6 is 0 Å². The first-order valence-corrected chi connectivity index (χ1v) is 12.0. The van der Waals surface area contributed by atoms with Crippen LogP contribution in [0.15, 0.2) is 58.5 Å². The molecule has 8 nitrogen and oxygen atoms in total. The highest BCUT2D eigenvalue weighted by Gasteiger charge is 2.49. The van der Waals surface area contributed by atoms with Gasteiger partial charge in [0.25, 0.3) is 5.78 Å². The molecule has 1 saturated heterocycles.